The molecular formula is C20H18N2O3. The van der Waals surface area contributed by atoms with Gasteiger partial charge in [0, 0.05) is 16.9 Å². The molecule has 2 amide bonds. The van der Waals surface area contributed by atoms with Crippen LogP contribution in [0.3, 0.4) is 0 Å². The van der Waals surface area contributed by atoms with Gasteiger partial charge in [0.05, 0.1) is 5.56 Å². The van der Waals surface area contributed by atoms with Gasteiger partial charge in [-0.15, -0.1) is 0 Å². The van der Waals surface area contributed by atoms with Gasteiger partial charge in [-0.05, 0) is 50.2 Å². The van der Waals surface area contributed by atoms with Crippen LogP contribution in [0.2, 0.25) is 0 Å². The Morgan fingerprint density at radius 3 is 2.16 bits per heavy atom. The number of rotatable bonds is 4. The number of amides is 2. The SMILES string of the molecule is Cc1cc(C(=O)Nc2cccc(C(=O)Nc3ccccc3)c2)c(C)o1. The number of benzene rings is 2. The van der Waals surface area contributed by atoms with E-state index in [-0.39, 0.29) is 11.8 Å². The van der Waals surface area contributed by atoms with Crippen LogP contribution in [0.4, 0.5) is 11.4 Å². The number of para-hydroxylation sites is 1. The number of aryl methyl sites for hydroxylation is 2. The first-order valence-electron chi connectivity index (χ1n) is 7.88. The lowest BCUT2D eigenvalue weighted by molar-refractivity contribution is 0.101. The summed E-state index contributed by atoms with van der Waals surface area (Å²) in [5.41, 5.74) is 2.20. The third-order valence-electron chi connectivity index (χ3n) is 3.70. The summed E-state index contributed by atoms with van der Waals surface area (Å²) >= 11 is 0. The molecule has 5 heteroatoms. The van der Waals surface area contributed by atoms with E-state index in [4.69, 9.17) is 4.42 Å². The number of carbonyl (C=O) groups is 2. The molecule has 1 aromatic heterocycles. The summed E-state index contributed by atoms with van der Waals surface area (Å²) in [4.78, 5) is 24.7. The Morgan fingerprint density at radius 1 is 0.800 bits per heavy atom. The van der Waals surface area contributed by atoms with Crippen molar-refractivity contribution in [2.75, 3.05) is 10.6 Å². The van der Waals surface area contributed by atoms with Gasteiger partial charge >= 0.3 is 0 Å². The zero-order valence-corrected chi connectivity index (χ0v) is 14.0. The van der Waals surface area contributed by atoms with E-state index < -0.39 is 0 Å². The lowest BCUT2D eigenvalue weighted by Gasteiger charge is -2.08. The molecule has 0 bridgehead atoms. The molecule has 0 aliphatic carbocycles. The van der Waals surface area contributed by atoms with Gasteiger partial charge in [-0.3, -0.25) is 9.59 Å². The van der Waals surface area contributed by atoms with Crippen molar-refractivity contribution in [2.24, 2.45) is 0 Å². The third kappa shape index (κ3) is 3.95. The number of hydrogen-bond donors (Lipinski definition) is 2. The van der Waals surface area contributed by atoms with Crippen LogP contribution >= 0.6 is 0 Å². The smallest absolute Gasteiger partial charge is 0.259 e. The van der Waals surface area contributed by atoms with E-state index in [1.165, 1.54) is 0 Å². The number of carbonyl (C=O) groups excluding carboxylic acids is 2. The molecule has 0 saturated carbocycles. The Morgan fingerprint density at radius 2 is 1.48 bits per heavy atom. The van der Waals surface area contributed by atoms with Gasteiger partial charge in [0.15, 0.2) is 0 Å². The predicted octanol–water partition coefficient (Wildman–Crippen LogP) is 4.40. The van der Waals surface area contributed by atoms with Crippen LogP contribution in [0.1, 0.15) is 32.2 Å². The van der Waals surface area contributed by atoms with E-state index in [9.17, 15) is 9.59 Å². The molecule has 3 aromatic rings. The second-order valence-electron chi connectivity index (χ2n) is 5.68. The first kappa shape index (κ1) is 16.5. The van der Waals surface area contributed by atoms with E-state index in [2.05, 4.69) is 10.6 Å². The standard InChI is InChI=1S/C20H18N2O3/c1-13-11-18(14(2)25-13)20(24)22-17-10-6-7-15(12-17)19(23)21-16-8-4-3-5-9-16/h3-12H,1-2H3,(H,21,23)(H,22,24). The van der Waals surface area contributed by atoms with Crippen molar-refractivity contribution in [3.8, 4) is 0 Å². The van der Waals surface area contributed by atoms with Gasteiger partial charge in [-0.25, -0.2) is 0 Å². The van der Waals surface area contributed by atoms with Crippen molar-refractivity contribution < 1.29 is 14.0 Å². The largest absolute Gasteiger partial charge is 0.466 e. The Labute approximate surface area is 145 Å². The van der Waals surface area contributed by atoms with E-state index in [0.29, 0.717) is 34.0 Å². The van der Waals surface area contributed by atoms with Gasteiger partial charge in [0.1, 0.15) is 11.5 Å². The fourth-order valence-electron chi connectivity index (χ4n) is 2.52. The average molecular weight is 334 g/mol. The number of nitrogens with one attached hydrogen (secondary N) is 2. The van der Waals surface area contributed by atoms with E-state index >= 15 is 0 Å². The maximum Gasteiger partial charge on any atom is 0.259 e. The van der Waals surface area contributed by atoms with Crippen LogP contribution in [0.5, 0.6) is 0 Å². The lowest BCUT2D eigenvalue weighted by atomic mass is 10.1. The third-order valence-corrected chi connectivity index (χ3v) is 3.70. The highest BCUT2D eigenvalue weighted by molar-refractivity contribution is 6.07. The van der Waals surface area contributed by atoms with Crippen LogP contribution in [-0.4, -0.2) is 11.8 Å². The predicted molar refractivity (Wildman–Crippen MR) is 97.0 cm³/mol. The van der Waals surface area contributed by atoms with Gasteiger partial charge in [-0.1, -0.05) is 24.3 Å². The summed E-state index contributed by atoms with van der Waals surface area (Å²) in [6.07, 6.45) is 0. The fourth-order valence-corrected chi connectivity index (χ4v) is 2.52. The normalized spacial score (nSPS) is 10.3. The minimum absolute atomic E-state index is 0.238. The molecule has 0 atom stereocenters. The number of hydrogen-bond acceptors (Lipinski definition) is 3. The summed E-state index contributed by atoms with van der Waals surface area (Å²) in [5.74, 6) is 0.735. The highest BCUT2D eigenvalue weighted by Gasteiger charge is 2.14. The molecule has 0 spiro atoms. The molecule has 0 unspecified atom stereocenters. The molecule has 3 rings (SSSR count). The maximum atomic E-state index is 12.3. The topological polar surface area (TPSA) is 71.3 Å². The quantitative estimate of drug-likeness (QED) is 0.743. The fraction of sp³-hybridized carbons (Fsp3) is 0.100. The minimum Gasteiger partial charge on any atom is -0.466 e. The minimum atomic E-state index is -0.269. The zero-order chi connectivity index (χ0) is 17.8. The van der Waals surface area contributed by atoms with Crippen molar-refractivity contribution in [1.82, 2.24) is 0 Å². The molecule has 126 valence electrons. The maximum absolute atomic E-state index is 12.3. The van der Waals surface area contributed by atoms with Crippen molar-refractivity contribution >= 4 is 23.2 Å². The lowest BCUT2D eigenvalue weighted by Crippen LogP contribution is -2.14. The summed E-state index contributed by atoms with van der Waals surface area (Å²) in [5, 5.41) is 5.61. The molecule has 0 aliphatic heterocycles. The molecule has 5 nitrogen and oxygen atoms in total. The van der Waals surface area contributed by atoms with Gasteiger partial charge < -0.3 is 15.1 Å². The summed E-state index contributed by atoms with van der Waals surface area (Å²) in [6, 6.07) is 17.7. The van der Waals surface area contributed by atoms with E-state index in [1.807, 2.05) is 30.3 Å². The van der Waals surface area contributed by atoms with Crippen LogP contribution in [0.25, 0.3) is 0 Å². The second kappa shape index (κ2) is 7.05. The molecule has 0 aliphatic rings. The van der Waals surface area contributed by atoms with Crippen LogP contribution in [0.15, 0.2) is 65.1 Å². The average Bonchev–Trinajstić information content (AvgIpc) is 2.94. The number of anilines is 2. The van der Waals surface area contributed by atoms with Crippen molar-refractivity contribution in [2.45, 2.75) is 13.8 Å². The summed E-state index contributed by atoms with van der Waals surface area (Å²) in [6.45, 7) is 3.53. The summed E-state index contributed by atoms with van der Waals surface area (Å²) < 4.78 is 5.38. The van der Waals surface area contributed by atoms with E-state index in [0.717, 1.165) is 0 Å². The Balaban J connectivity index is 1.74. The van der Waals surface area contributed by atoms with Gasteiger partial charge in [0.2, 0.25) is 0 Å². The van der Waals surface area contributed by atoms with Crippen molar-refractivity contribution in [3.05, 3.63) is 83.3 Å². The zero-order valence-electron chi connectivity index (χ0n) is 14.0. The molecule has 0 saturated heterocycles. The monoisotopic (exact) mass is 334 g/mol. The van der Waals surface area contributed by atoms with Crippen LogP contribution in [0, 0.1) is 13.8 Å². The highest BCUT2D eigenvalue weighted by Crippen LogP contribution is 2.18. The van der Waals surface area contributed by atoms with Crippen LogP contribution < -0.4 is 10.6 Å². The molecule has 2 aromatic carbocycles. The second-order valence-corrected chi connectivity index (χ2v) is 5.68. The molecule has 0 fully saturated rings. The van der Waals surface area contributed by atoms with Gasteiger partial charge in [0.25, 0.3) is 11.8 Å². The molecular weight excluding hydrogens is 316 g/mol. The molecule has 25 heavy (non-hydrogen) atoms. The first-order valence-corrected chi connectivity index (χ1v) is 7.88. The Hall–Kier alpha value is -3.34. The van der Waals surface area contributed by atoms with E-state index in [1.54, 1.807) is 44.2 Å². The van der Waals surface area contributed by atoms with Gasteiger partial charge in [-0.2, -0.15) is 0 Å². The molecule has 0 radical (unpaired) electrons. The van der Waals surface area contributed by atoms with Crippen LogP contribution in [-0.2, 0) is 0 Å². The molecule has 2 N–H and O–H groups in total. The van der Waals surface area contributed by atoms with Crippen molar-refractivity contribution in [1.29, 1.82) is 0 Å². The Bertz CT molecular complexity index is 914. The van der Waals surface area contributed by atoms with Crippen molar-refractivity contribution in [3.63, 3.8) is 0 Å². The Kier molecular flexibility index (Phi) is 4.66. The number of furan rings is 1. The first-order chi connectivity index (χ1) is 12.0. The highest BCUT2D eigenvalue weighted by atomic mass is 16.3. The summed E-state index contributed by atoms with van der Waals surface area (Å²) in [7, 11) is 0. The molecule has 1 heterocycles.